The Labute approximate surface area is 90.5 Å². The summed E-state index contributed by atoms with van der Waals surface area (Å²) >= 11 is 2.05. The minimum absolute atomic E-state index is 0.315. The van der Waals surface area contributed by atoms with E-state index < -0.39 is 0 Å². The molecule has 0 saturated carbocycles. The molecule has 1 fully saturated rings. The van der Waals surface area contributed by atoms with Crippen LogP contribution in [0, 0.1) is 0 Å². The second-order valence-corrected chi connectivity index (χ2v) is 5.90. The van der Waals surface area contributed by atoms with Crippen molar-refractivity contribution in [2.75, 3.05) is 12.3 Å². The average Bonchev–Trinajstić information content (AvgIpc) is 2.48. The van der Waals surface area contributed by atoms with E-state index in [9.17, 15) is 0 Å². The summed E-state index contributed by atoms with van der Waals surface area (Å²) in [5, 5.41) is 0. The highest BCUT2D eigenvalue weighted by atomic mass is 32.2. The van der Waals surface area contributed by atoms with Gasteiger partial charge in [0, 0.05) is 18.8 Å². The highest BCUT2D eigenvalue weighted by Crippen LogP contribution is 2.35. The van der Waals surface area contributed by atoms with Gasteiger partial charge in [0.05, 0.1) is 4.87 Å². The third-order valence-electron chi connectivity index (χ3n) is 2.79. The third-order valence-corrected chi connectivity index (χ3v) is 4.15. The molecule has 2 rings (SSSR count). The number of benzene rings is 1. The molecule has 1 aromatic rings. The molecule has 76 valence electrons. The highest BCUT2D eigenvalue weighted by Gasteiger charge is 2.32. The van der Waals surface area contributed by atoms with Gasteiger partial charge in [0.25, 0.3) is 0 Å². The van der Waals surface area contributed by atoms with Gasteiger partial charge < -0.3 is 0 Å². The van der Waals surface area contributed by atoms with E-state index in [-0.39, 0.29) is 0 Å². The molecule has 0 bridgehead atoms. The van der Waals surface area contributed by atoms with Crippen molar-refractivity contribution in [3.63, 3.8) is 0 Å². The molecule has 0 N–H and O–H groups in total. The van der Waals surface area contributed by atoms with Gasteiger partial charge in [-0.2, -0.15) is 0 Å². The van der Waals surface area contributed by atoms with Crippen molar-refractivity contribution in [2.24, 2.45) is 0 Å². The van der Waals surface area contributed by atoms with E-state index in [0.717, 1.165) is 6.54 Å². The topological polar surface area (TPSA) is 3.24 Å². The van der Waals surface area contributed by atoms with Gasteiger partial charge in [-0.3, -0.25) is 4.90 Å². The molecule has 1 aliphatic rings. The standard InChI is InChI=1S/C12H17NS/c1-12(2)13(8-9-14-12)10-11-6-4-3-5-7-11/h3-7H,8-10H2,1-2H3. The Kier molecular flexibility index (Phi) is 2.84. The van der Waals surface area contributed by atoms with Crippen LogP contribution in [0.15, 0.2) is 30.3 Å². The van der Waals surface area contributed by atoms with Crippen molar-refractivity contribution in [3.8, 4) is 0 Å². The summed E-state index contributed by atoms with van der Waals surface area (Å²) in [6.45, 7) is 6.93. The maximum atomic E-state index is 2.55. The van der Waals surface area contributed by atoms with Crippen molar-refractivity contribution in [2.45, 2.75) is 25.3 Å². The van der Waals surface area contributed by atoms with Gasteiger partial charge in [0.2, 0.25) is 0 Å². The summed E-state index contributed by atoms with van der Waals surface area (Å²) in [5.41, 5.74) is 1.42. The maximum Gasteiger partial charge on any atom is 0.0616 e. The lowest BCUT2D eigenvalue weighted by atomic mass is 10.2. The van der Waals surface area contributed by atoms with Crippen molar-refractivity contribution in [1.82, 2.24) is 4.90 Å². The van der Waals surface area contributed by atoms with Crippen LogP contribution >= 0.6 is 11.8 Å². The first kappa shape index (κ1) is 10.1. The van der Waals surface area contributed by atoms with E-state index in [1.807, 2.05) is 0 Å². The lowest BCUT2D eigenvalue weighted by Gasteiger charge is -2.30. The van der Waals surface area contributed by atoms with Crippen LogP contribution in [-0.4, -0.2) is 22.1 Å². The zero-order chi connectivity index (χ0) is 10.0. The SMILES string of the molecule is CC1(C)SCCN1Cc1ccccc1. The van der Waals surface area contributed by atoms with E-state index >= 15 is 0 Å². The van der Waals surface area contributed by atoms with Gasteiger partial charge >= 0.3 is 0 Å². The molecule has 0 aliphatic carbocycles. The largest absolute Gasteiger partial charge is 0.284 e. The maximum absolute atomic E-state index is 2.55. The minimum atomic E-state index is 0.315. The van der Waals surface area contributed by atoms with Crippen molar-refractivity contribution in [1.29, 1.82) is 0 Å². The van der Waals surface area contributed by atoms with E-state index in [2.05, 4.69) is 60.8 Å². The fourth-order valence-corrected chi connectivity index (χ4v) is 2.99. The molecule has 1 nitrogen and oxygen atoms in total. The van der Waals surface area contributed by atoms with Gasteiger partial charge in [0.15, 0.2) is 0 Å². The minimum Gasteiger partial charge on any atom is -0.284 e. The second kappa shape index (κ2) is 3.95. The molecular formula is C12H17NS. The van der Waals surface area contributed by atoms with Crippen LogP contribution in [-0.2, 0) is 6.54 Å². The van der Waals surface area contributed by atoms with Crippen LogP contribution in [0.3, 0.4) is 0 Å². The fraction of sp³-hybridized carbons (Fsp3) is 0.500. The molecule has 0 amide bonds. The normalized spacial score (nSPS) is 21.3. The third kappa shape index (κ3) is 2.12. The predicted molar refractivity (Wildman–Crippen MR) is 63.4 cm³/mol. The highest BCUT2D eigenvalue weighted by molar-refractivity contribution is 8.00. The molecule has 1 aliphatic heterocycles. The number of thioether (sulfide) groups is 1. The molecular weight excluding hydrogens is 190 g/mol. The van der Waals surface area contributed by atoms with Gasteiger partial charge in [-0.15, -0.1) is 11.8 Å². The lowest BCUT2D eigenvalue weighted by molar-refractivity contribution is 0.216. The van der Waals surface area contributed by atoms with Crippen LogP contribution < -0.4 is 0 Å². The molecule has 0 aromatic heterocycles. The van der Waals surface area contributed by atoms with Crippen molar-refractivity contribution < 1.29 is 0 Å². The smallest absolute Gasteiger partial charge is 0.0616 e. The summed E-state index contributed by atoms with van der Waals surface area (Å²) in [4.78, 5) is 2.86. The average molecular weight is 207 g/mol. The van der Waals surface area contributed by atoms with Gasteiger partial charge in [-0.05, 0) is 19.4 Å². The monoisotopic (exact) mass is 207 g/mol. The molecule has 14 heavy (non-hydrogen) atoms. The summed E-state index contributed by atoms with van der Waals surface area (Å²) in [6.07, 6.45) is 0. The first-order valence-electron chi connectivity index (χ1n) is 5.11. The van der Waals surface area contributed by atoms with Gasteiger partial charge in [-0.1, -0.05) is 30.3 Å². The Morgan fingerprint density at radius 1 is 1.29 bits per heavy atom. The van der Waals surface area contributed by atoms with Crippen LogP contribution in [0.4, 0.5) is 0 Å². The van der Waals surface area contributed by atoms with Gasteiger partial charge in [-0.25, -0.2) is 0 Å². The van der Waals surface area contributed by atoms with Crippen LogP contribution in [0.2, 0.25) is 0 Å². The Bertz CT molecular complexity index is 294. The Morgan fingerprint density at radius 2 is 2.00 bits per heavy atom. The molecule has 0 unspecified atom stereocenters. The Hall–Kier alpha value is -0.470. The number of hydrogen-bond donors (Lipinski definition) is 0. The molecule has 0 atom stereocenters. The van der Waals surface area contributed by atoms with E-state index in [0.29, 0.717) is 4.87 Å². The zero-order valence-electron chi connectivity index (χ0n) is 8.86. The number of rotatable bonds is 2. The summed E-state index contributed by atoms with van der Waals surface area (Å²) < 4.78 is 0. The first-order valence-corrected chi connectivity index (χ1v) is 6.10. The van der Waals surface area contributed by atoms with E-state index in [1.165, 1.54) is 17.9 Å². The van der Waals surface area contributed by atoms with Crippen molar-refractivity contribution in [3.05, 3.63) is 35.9 Å². The van der Waals surface area contributed by atoms with Crippen LogP contribution in [0.5, 0.6) is 0 Å². The summed E-state index contributed by atoms with van der Waals surface area (Å²) in [5.74, 6) is 1.26. The molecule has 0 spiro atoms. The van der Waals surface area contributed by atoms with E-state index in [4.69, 9.17) is 0 Å². The number of hydrogen-bond acceptors (Lipinski definition) is 2. The van der Waals surface area contributed by atoms with Gasteiger partial charge in [0.1, 0.15) is 0 Å². The van der Waals surface area contributed by atoms with Crippen LogP contribution in [0.1, 0.15) is 19.4 Å². The molecule has 0 radical (unpaired) electrons. The van der Waals surface area contributed by atoms with Crippen molar-refractivity contribution >= 4 is 11.8 Å². The second-order valence-electron chi connectivity index (χ2n) is 4.20. The zero-order valence-corrected chi connectivity index (χ0v) is 9.68. The molecule has 1 aromatic carbocycles. The predicted octanol–water partition coefficient (Wildman–Crippen LogP) is 2.97. The summed E-state index contributed by atoms with van der Waals surface area (Å²) in [7, 11) is 0. The quantitative estimate of drug-likeness (QED) is 0.733. The lowest BCUT2D eigenvalue weighted by Crippen LogP contribution is -2.35. The Morgan fingerprint density at radius 3 is 2.57 bits per heavy atom. The Balaban J connectivity index is 2.05. The van der Waals surface area contributed by atoms with Crippen LogP contribution in [0.25, 0.3) is 0 Å². The molecule has 1 heterocycles. The molecule has 1 saturated heterocycles. The first-order chi connectivity index (χ1) is 6.68. The summed E-state index contributed by atoms with van der Waals surface area (Å²) in [6, 6.07) is 10.7. The fourth-order valence-electron chi connectivity index (χ4n) is 1.84. The van der Waals surface area contributed by atoms with E-state index in [1.54, 1.807) is 0 Å². The number of nitrogens with zero attached hydrogens (tertiary/aromatic N) is 1. The molecule has 2 heteroatoms.